The molecule has 0 aliphatic carbocycles. The smallest absolute Gasteiger partial charge is 0.277 e. The Bertz CT molecular complexity index is 877. The highest BCUT2D eigenvalue weighted by atomic mass is 79.9. The summed E-state index contributed by atoms with van der Waals surface area (Å²) in [6.07, 6.45) is 6.28. The molecular formula is C25H31BrN2O2. The zero-order valence-electron chi connectivity index (χ0n) is 18.4. The van der Waals surface area contributed by atoms with E-state index in [1.54, 1.807) is 6.08 Å². The van der Waals surface area contributed by atoms with Gasteiger partial charge < -0.3 is 4.74 Å². The summed E-state index contributed by atoms with van der Waals surface area (Å²) in [6.45, 7) is 11.2. The number of hydrogen-bond acceptors (Lipinski definition) is 3. The molecule has 0 aliphatic heterocycles. The Morgan fingerprint density at radius 2 is 1.67 bits per heavy atom. The van der Waals surface area contributed by atoms with Gasteiger partial charge in [-0.3, -0.25) is 4.79 Å². The van der Waals surface area contributed by atoms with E-state index in [-0.39, 0.29) is 23.3 Å². The summed E-state index contributed by atoms with van der Waals surface area (Å²) in [5.74, 6) is 0.361. The molecule has 0 bridgehead atoms. The van der Waals surface area contributed by atoms with E-state index in [0.717, 1.165) is 16.5 Å². The molecule has 0 heterocycles. The van der Waals surface area contributed by atoms with Gasteiger partial charge in [0.25, 0.3) is 5.91 Å². The first kappa shape index (κ1) is 23.9. The van der Waals surface area contributed by atoms with Crippen LogP contribution in [0, 0.1) is 5.41 Å². The molecule has 160 valence electrons. The SMILES string of the molecule is CC(C)(C)CC(C)(C)c1ccc(OCC(=O)N/N=C/C=C/c2ccc(Br)cc2)cc1. The van der Waals surface area contributed by atoms with Crippen LogP contribution in [0.15, 0.2) is 64.2 Å². The zero-order chi connectivity index (χ0) is 22.2. The molecular weight excluding hydrogens is 440 g/mol. The fraction of sp³-hybridized carbons (Fsp3) is 0.360. The Hall–Kier alpha value is -2.40. The summed E-state index contributed by atoms with van der Waals surface area (Å²) in [5, 5.41) is 3.90. The normalized spacial score (nSPS) is 12.5. The van der Waals surface area contributed by atoms with Crippen molar-refractivity contribution in [3.63, 3.8) is 0 Å². The number of hydrazone groups is 1. The largest absolute Gasteiger partial charge is 0.484 e. The highest BCUT2D eigenvalue weighted by Gasteiger charge is 2.27. The maximum Gasteiger partial charge on any atom is 0.277 e. The first-order chi connectivity index (χ1) is 14.0. The maximum absolute atomic E-state index is 11.9. The van der Waals surface area contributed by atoms with Crippen LogP contribution in [0.1, 0.15) is 52.2 Å². The van der Waals surface area contributed by atoms with Crippen molar-refractivity contribution in [2.75, 3.05) is 6.61 Å². The van der Waals surface area contributed by atoms with Gasteiger partial charge in [-0.15, -0.1) is 0 Å². The zero-order valence-corrected chi connectivity index (χ0v) is 20.0. The molecule has 30 heavy (non-hydrogen) atoms. The van der Waals surface area contributed by atoms with Crippen molar-refractivity contribution in [3.8, 4) is 5.75 Å². The second kappa shape index (κ2) is 10.6. The number of nitrogens with zero attached hydrogens (tertiary/aromatic N) is 1. The Kier molecular flexibility index (Phi) is 8.42. The van der Waals surface area contributed by atoms with Crippen molar-refractivity contribution >= 4 is 34.1 Å². The molecule has 2 rings (SSSR count). The number of hydrogen-bond donors (Lipinski definition) is 1. The van der Waals surface area contributed by atoms with Crippen molar-refractivity contribution in [3.05, 3.63) is 70.2 Å². The third-order valence-corrected chi connectivity index (χ3v) is 5.02. The Balaban J connectivity index is 1.78. The summed E-state index contributed by atoms with van der Waals surface area (Å²) in [5.41, 5.74) is 5.10. The van der Waals surface area contributed by atoms with Gasteiger partial charge in [-0.2, -0.15) is 5.10 Å². The quantitative estimate of drug-likeness (QED) is 0.360. The molecule has 0 spiro atoms. The predicted octanol–water partition coefficient (Wildman–Crippen LogP) is 6.36. The van der Waals surface area contributed by atoms with Gasteiger partial charge in [0.1, 0.15) is 5.75 Å². The van der Waals surface area contributed by atoms with E-state index in [4.69, 9.17) is 4.74 Å². The van der Waals surface area contributed by atoms with Gasteiger partial charge >= 0.3 is 0 Å². The van der Waals surface area contributed by atoms with Crippen LogP contribution in [0.2, 0.25) is 0 Å². The van der Waals surface area contributed by atoms with Crippen LogP contribution in [-0.2, 0) is 10.2 Å². The lowest BCUT2D eigenvalue weighted by molar-refractivity contribution is -0.123. The first-order valence-corrected chi connectivity index (χ1v) is 10.8. The third-order valence-electron chi connectivity index (χ3n) is 4.49. The van der Waals surface area contributed by atoms with E-state index in [9.17, 15) is 4.79 Å². The lowest BCUT2D eigenvalue weighted by Gasteiger charge is -2.33. The van der Waals surface area contributed by atoms with Crippen molar-refractivity contribution in [2.24, 2.45) is 10.5 Å². The molecule has 0 aromatic heterocycles. The molecule has 5 heteroatoms. The lowest BCUT2D eigenvalue weighted by atomic mass is 9.72. The molecule has 0 radical (unpaired) electrons. The minimum Gasteiger partial charge on any atom is -0.484 e. The lowest BCUT2D eigenvalue weighted by Crippen LogP contribution is -2.25. The molecule has 0 saturated carbocycles. The third kappa shape index (κ3) is 8.54. The molecule has 2 aromatic carbocycles. The van der Waals surface area contributed by atoms with E-state index in [0.29, 0.717) is 5.75 Å². The second-order valence-corrected chi connectivity index (χ2v) is 10.1. The monoisotopic (exact) mass is 470 g/mol. The number of halogens is 1. The van der Waals surface area contributed by atoms with E-state index in [1.165, 1.54) is 11.8 Å². The van der Waals surface area contributed by atoms with Crippen LogP contribution in [0.3, 0.4) is 0 Å². The van der Waals surface area contributed by atoms with Gasteiger partial charge in [-0.05, 0) is 58.7 Å². The fourth-order valence-corrected chi connectivity index (χ4v) is 3.76. The minimum atomic E-state index is -0.305. The molecule has 1 N–H and O–H groups in total. The topological polar surface area (TPSA) is 50.7 Å². The van der Waals surface area contributed by atoms with Gasteiger partial charge in [-0.25, -0.2) is 5.43 Å². The Morgan fingerprint density at radius 3 is 2.27 bits per heavy atom. The predicted molar refractivity (Wildman–Crippen MR) is 129 cm³/mol. The van der Waals surface area contributed by atoms with E-state index >= 15 is 0 Å². The Labute approximate surface area is 188 Å². The number of nitrogens with one attached hydrogen (secondary N) is 1. The van der Waals surface area contributed by atoms with Crippen LogP contribution in [0.25, 0.3) is 6.08 Å². The van der Waals surface area contributed by atoms with Gasteiger partial charge in [-0.1, -0.05) is 80.9 Å². The van der Waals surface area contributed by atoms with Gasteiger partial charge in [0, 0.05) is 10.7 Å². The molecule has 0 fully saturated rings. The molecule has 0 aliphatic rings. The number of carbonyl (C=O) groups excluding carboxylic acids is 1. The van der Waals surface area contributed by atoms with E-state index < -0.39 is 0 Å². The molecule has 0 atom stereocenters. The second-order valence-electron chi connectivity index (χ2n) is 9.16. The highest BCUT2D eigenvalue weighted by molar-refractivity contribution is 9.10. The van der Waals surface area contributed by atoms with Crippen LogP contribution in [0.4, 0.5) is 0 Å². The number of ether oxygens (including phenoxy) is 1. The summed E-state index contributed by atoms with van der Waals surface area (Å²) >= 11 is 3.40. The van der Waals surface area contributed by atoms with Crippen molar-refractivity contribution in [1.82, 2.24) is 5.43 Å². The van der Waals surface area contributed by atoms with E-state index in [2.05, 4.69) is 73.2 Å². The van der Waals surface area contributed by atoms with Crippen LogP contribution in [-0.4, -0.2) is 18.7 Å². The minimum absolute atomic E-state index is 0.0760. The van der Waals surface area contributed by atoms with Crippen molar-refractivity contribution in [2.45, 2.75) is 46.5 Å². The number of benzene rings is 2. The number of amides is 1. The molecule has 0 unspecified atom stereocenters. The van der Waals surface area contributed by atoms with Crippen LogP contribution in [0.5, 0.6) is 5.75 Å². The maximum atomic E-state index is 11.9. The summed E-state index contributed by atoms with van der Waals surface area (Å²) < 4.78 is 6.60. The standard InChI is InChI=1S/C25H31BrN2O2/c1-24(2,3)18-25(4,5)20-10-14-22(15-11-20)30-17-23(29)28-27-16-6-7-19-8-12-21(26)13-9-19/h6-16H,17-18H2,1-5H3,(H,28,29)/b7-6+,27-16+. The van der Waals surface area contributed by atoms with Crippen molar-refractivity contribution < 1.29 is 9.53 Å². The average Bonchev–Trinajstić information content (AvgIpc) is 2.66. The van der Waals surface area contributed by atoms with Crippen LogP contribution < -0.4 is 10.2 Å². The van der Waals surface area contributed by atoms with Gasteiger partial charge in [0.2, 0.25) is 0 Å². The number of carbonyl (C=O) groups is 1. The number of rotatable bonds is 8. The van der Waals surface area contributed by atoms with Crippen LogP contribution >= 0.6 is 15.9 Å². The summed E-state index contributed by atoms with van der Waals surface area (Å²) in [7, 11) is 0. The summed E-state index contributed by atoms with van der Waals surface area (Å²) in [4.78, 5) is 11.9. The number of allylic oxidation sites excluding steroid dienone is 1. The fourth-order valence-electron chi connectivity index (χ4n) is 3.49. The van der Waals surface area contributed by atoms with E-state index in [1.807, 2.05) is 42.5 Å². The highest BCUT2D eigenvalue weighted by Crippen LogP contribution is 2.36. The molecule has 4 nitrogen and oxygen atoms in total. The summed E-state index contributed by atoms with van der Waals surface area (Å²) in [6, 6.07) is 15.9. The molecule has 1 amide bonds. The van der Waals surface area contributed by atoms with Gasteiger partial charge in [0.05, 0.1) is 0 Å². The first-order valence-electron chi connectivity index (χ1n) is 10.0. The Morgan fingerprint density at radius 1 is 1.03 bits per heavy atom. The molecule has 2 aromatic rings. The van der Waals surface area contributed by atoms with Crippen molar-refractivity contribution in [1.29, 1.82) is 0 Å². The molecule has 0 saturated heterocycles. The van der Waals surface area contributed by atoms with Gasteiger partial charge in [0.15, 0.2) is 6.61 Å². The average molecular weight is 471 g/mol.